The summed E-state index contributed by atoms with van der Waals surface area (Å²) in [6.07, 6.45) is 1.52. The summed E-state index contributed by atoms with van der Waals surface area (Å²) < 4.78 is 0. The first-order chi connectivity index (χ1) is 10.6. The predicted molar refractivity (Wildman–Crippen MR) is 86.0 cm³/mol. The molecule has 0 fully saturated rings. The number of carbonyl (C=O) groups excluding carboxylic acids is 2. The number of carbonyl (C=O) groups is 2. The summed E-state index contributed by atoms with van der Waals surface area (Å²) in [5, 5.41) is 6.76. The molecule has 0 heterocycles. The van der Waals surface area contributed by atoms with Crippen molar-refractivity contribution in [1.29, 1.82) is 0 Å². The first kappa shape index (κ1) is 15.7. The second-order valence-corrected chi connectivity index (χ2v) is 4.83. The van der Waals surface area contributed by atoms with Crippen LogP contribution in [0.4, 0.5) is 0 Å². The third-order valence-corrected chi connectivity index (χ3v) is 2.93. The summed E-state index contributed by atoms with van der Waals surface area (Å²) in [5.41, 5.74) is 3.60. The molecule has 22 heavy (non-hydrogen) atoms. The van der Waals surface area contributed by atoms with Crippen LogP contribution >= 0.6 is 11.6 Å². The van der Waals surface area contributed by atoms with Crippen LogP contribution in [0.5, 0.6) is 0 Å². The Balaban J connectivity index is 1.78. The Morgan fingerprint density at radius 1 is 1.09 bits per heavy atom. The van der Waals surface area contributed by atoms with Crippen LogP contribution in [-0.4, -0.2) is 24.6 Å². The smallest absolute Gasteiger partial charge is 0.259 e. The van der Waals surface area contributed by atoms with Crippen molar-refractivity contribution < 1.29 is 9.59 Å². The van der Waals surface area contributed by atoms with Crippen molar-refractivity contribution in [2.45, 2.75) is 0 Å². The minimum atomic E-state index is -0.414. The van der Waals surface area contributed by atoms with E-state index in [1.54, 1.807) is 18.2 Å². The lowest BCUT2D eigenvalue weighted by atomic mass is 10.2. The van der Waals surface area contributed by atoms with Gasteiger partial charge in [0.05, 0.1) is 12.8 Å². The largest absolute Gasteiger partial charge is 0.343 e. The van der Waals surface area contributed by atoms with Crippen molar-refractivity contribution in [1.82, 2.24) is 10.7 Å². The number of hydrogen-bond acceptors (Lipinski definition) is 3. The van der Waals surface area contributed by atoms with Gasteiger partial charge >= 0.3 is 0 Å². The summed E-state index contributed by atoms with van der Waals surface area (Å²) >= 11 is 5.80. The molecule has 5 nitrogen and oxygen atoms in total. The average molecular weight is 316 g/mol. The maximum Gasteiger partial charge on any atom is 0.259 e. The Morgan fingerprint density at radius 3 is 2.59 bits per heavy atom. The van der Waals surface area contributed by atoms with E-state index in [9.17, 15) is 9.59 Å². The van der Waals surface area contributed by atoms with Gasteiger partial charge in [0.2, 0.25) is 0 Å². The number of hydrogen-bond donors (Lipinski definition) is 2. The number of amides is 2. The topological polar surface area (TPSA) is 70.6 Å². The SMILES string of the molecule is O=C(CNC(=O)c1cccc(Cl)c1)NN=Cc1ccccc1. The van der Waals surface area contributed by atoms with Gasteiger partial charge in [0.1, 0.15) is 0 Å². The minimum Gasteiger partial charge on any atom is -0.343 e. The van der Waals surface area contributed by atoms with Crippen LogP contribution in [0.25, 0.3) is 0 Å². The highest BCUT2D eigenvalue weighted by Crippen LogP contribution is 2.10. The first-order valence-corrected chi connectivity index (χ1v) is 6.93. The molecule has 0 aliphatic heterocycles. The zero-order chi connectivity index (χ0) is 15.8. The van der Waals surface area contributed by atoms with Crippen molar-refractivity contribution >= 4 is 29.6 Å². The van der Waals surface area contributed by atoms with Gasteiger partial charge in [-0.3, -0.25) is 9.59 Å². The van der Waals surface area contributed by atoms with Crippen molar-refractivity contribution in [3.63, 3.8) is 0 Å². The molecule has 0 aliphatic carbocycles. The lowest BCUT2D eigenvalue weighted by Gasteiger charge is -2.04. The third kappa shape index (κ3) is 5.03. The maximum absolute atomic E-state index is 11.8. The standard InChI is InChI=1S/C16H14ClN3O2/c17-14-8-4-7-13(9-14)16(22)18-11-15(21)20-19-10-12-5-2-1-3-6-12/h1-10H,11H2,(H,18,22)(H,20,21). The molecule has 0 saturated heterocycles. The van der Waals surface area contributed by atoms with E-state index in [1.165, 1.54) is 12.3 Å². The van der Waals surface area contributed by atoms with Crippen LogP contribution in [0.3, 0.4) is 0 Å². The van der Waals surface area contributed by atoms with E-state index in [-0.39, 0.29) is 12.5 Å². The third-order valence-electron chi connectivity index (χ3n) is 2.70. The fourth-order valence-electron chi connectivity index (χ4n) is 1.65. The van der Waals surface area contributed by atoms with E-state index in [0.717, 1.165) is 5.56 Å². The average Bonchev–Trinajstić information content (AvgIpc) is 2.53. The zero-order valence-corrected chi connectivity index (χ0v) is 12.4. The van der Waals surface area contributed by atoms with Gasteiger partial charge in [0.25, 0.3) is 11.8 Å². The molecule has 0 aliphatic rings. The summed E-state index contributed by atoms with van der Waals surface area (Å²) in [7, 11) is 0. The lowest BCUT2D eigenvalue weighted by Crippen LogP contribution is -2.34. The highest BCUT2D eigenvalue weighted by Gasteiger charge is 2.07. The number of benzene rings is 2. The van der Waals surface area contributed by atoms with Crippen LogP contribution in [0.2, 0.25) is 5.02 Å². The van der Waals surface area contributed by atoms with E-state index >= 15 is 0 Å². The zero-order valence-electron chi connectivity index (χ0n) is 11.6. The summed E-state index contributed by atoms with van der Waals surface area (Å²) in [4.78, 5) is 23.4. The molecular formula is C16H14ClN3O2. The summed E-state index contributed by atoms with van der Waals surface area (Å²) in [6.45, 7) is -0.169. The molecule has 2 amide bonds. The molecule has 2 aromatic rings. The number of rotatable bonds is 5. The van der Waals surface area contributed by atoms with Crippen molar-refractivity contribution in [3.05, 3.63) is 70.7 Å². The number of hydrazone groups is 1. The van der Waals surface area contributed by atoms with Gasteiger partial charge in [-0.05, 0) is 23.8 Å². The van der Waals surface area contributed by atoms with Crippen molar-refractivity contribution in [3.8, 4) is 0 Å². The molecule has 0 atom stereocenters. The van der Waals surface area contributed by atoms with Crippen LogP contribution in [0.1, 0.15) is 15.9 Å². The monoisotopic (exact) mass is 315 g/mol. The van der Waals surface area contributed by atoms with E-state index in [2.05, 4.69) is 15.8 Å². The molecule has 0 bridgehead atoms. The second kappa shape index (κ2) is 7.95. The molecule has 2 aromatic carbocycles. The first-order valence-electron chi connectivity index (χ1n) is 6.56. The molecular weight excluding hydrogens is 302 g/mol. The summed E-state index contributed by atoms with van der Waals surface area (Å²) in [6, 6.07) is 15.8. The Morgan fingerprint density at radius 2 is 1.86 bits per heavy atom. The van der Waals surface area contributed by atoms with Crippen LogP contribution in [0, 0.1) is 0 Å². The fraction of sp³-hybridized carbons (Fsp3) is 0.0625. The molecule has 0 radical (unpaired) electrons. The Labute approximate surface area is 133 Å². The lowest BCUT2D eigenvalue weighted by molar-refractivity contribution is -0.120. The molecule has 0 saturated carbocycles. The Hall–Kier alpha value is -2.66. The minimum absolute atomic E-state index is 0.169. The maximum atomic E-state index is 11.8. The van der Waals surface area contributed by atoms with Gasteiger partial charge in [-0.15, -0.1) is 0 Å². The van der Waals surface area contributed by atoms with E-state index in [0.29, 0.717) is 10.6 Å². The normalized spacial score (nSPS) is 10.4. The van der Waals surface area contributed by atoms with Crippen LogP contribution in [0.15, 0.2) is 59.7 Å². The number of halogens is 1. The molecule has 2 N–H and O–H groups in total. The van der Waals surface area contributed by atoms with Crippen LogP contribution in [-0.2, 0) is 4.79 Å². The van der Waals surface area contributed by atoms with E-state index in [1.807, 2.05) is 30.3 Å². The fourth-order valence-corrected chi connectivity index (χ4v) is 1.84. The molecule has 2 rings (SSSR count). The molecule has 6 heteroatoms. The van der Waals surface area contributed by atoms with Crippen molar-refractivity contribution in [2.75, 3.05) is 6.54 Å². The summed E-state index contributed by atoms with van der Waals surface area (Å²) in [5.74, 6) is -0.785. The Bertz CT molecular complexity index is 687. The van der Waals surface area contributed by atoms with Gasteiger partial charge in [-0.2, -0.15) is 5.10 Å². The Kier molecular flexibility index (Phi) is 5.68. The number of nitrogens with one attached hydrogen (secondary N) is 2. The number of nitrogens with zero attached hydrogens (tertiary/aromatic N) is 1. The molecule has 0 spiro atoms. The molecule has 0 unspecified atom stereocenters. The van der Waals surface area contributed by atoms with Gasteiger partial charge in [0, 0.05) is 10.6 Å². The van der Waals surface area contributed by atoms with E-state index in [4.69, 9.17) is 11.6 Å². The van der Waals surface area contributed by atoms with Crippen LogP contribution < -0.4 is 10.7 Å². The predicted octanol–water partition coefficient (Wildman–Crippen LogP) is 2.22. The van der Waals surface area contributed by atoms with Gasteiger partial charge in [-0.25, -0.2) is 5.43 Å². The highest BCUT2D eigenvalue weighted by molar-refractivity contribution is 6.30. The van der Waals surface area contributed by atoms with Gasteiger partial charge < -0.3 is 5.32 Å². The van der Waals surface area contributed by atoms with Gasteiger partial charge in [-0.1, -0.05) is 48.0 Å². The van der Waals surface area contributed by atoms with E-state index < -0.39 is 5.91 Å². The molecule has 0 aromatic heterocycles. The second-order valence-electron chi connectivity index (χ2n) is 4.40. The van der Waals surface area contributed by atoms with Gasteiger partial charge in [0.15, 0.2) is 0 Å². The van der Waals surface area contributed by atoms with Crippen molar-refractivity contribution in [2.24, 2.45) is 5.10 Å². The molecule has 112 valence electrons. The quantitative estimate of drug-likeness (QED) is 0.656. The highest BCUT2D eigenvalue weighted by atomic mass is 35.5.